The average molecular weight is 382 g/mol. The molecule has 3 rings (SSSR count). The summed E-state index contributed by atoms with van der Waals surface area (Å²) in [7, 11) is 3.39. The number of rotatable bonds is 4. The van der Waals surface area contributed by atoms with E-state index in [9.17, 15) is 18.0 Å². The lowest BCUT2D eigenvalue weighted by atomic mass is 10.1. The van der Waals surface area contributed by atoms with Crippen molar-refractivity contribution in [3.8, 4) is 5.75 Å². The van der Waals surface area contributed by atoms with Crippen LogP contribution in [0.1, 0.15) is 12.5 Å². The zero-order chi connectivity index (χ0) is 19.8. The quantitative estimate of drug-likeness (QED) is 0.805. The maximum Gasteiger partial charge on any atom is 0.573 e. The zero-order valence-electron chi connectivity index (χ0n) is 14.9. The summed E-state index contributed by atoms with van der Waals surface area (Å²) in [5.74, 6) is 0.0296. The van der Waals surface area contributed by atoms with Crippen LogP contribution in [0.3, 0.4) is 0 Å². The number of aromatic nitrogens is 4. The van der Waals surface area contributed by atoms with E-state index in [0.29, 0.717) is 17.1 Å². The molecule has 1 aliphatic rings. The number of hydrogen-bond donors (Lipinski definition) is 0. The third kappa shape index (κ3) is 4.01. The number of carbonyl (C=O) groups is 1. The number of carbonyl (C=O) groups excluding carboxylic acids is 1. The predicted octanol–water partition coefficient (Wildman–Crippen LogP) is 1.95. The van der Waals surface area contributed by atoms with Gasteiger partial charge < -0.3 is 14.5 Å². The van der Waals surface area contributed by atoms with Crippen LogP contribution in [0, 0.1) is 0 Å². The number of nitrogens with zero attached hydrogens (tertiary/aromatic N) is 6. The fourth-order valence-electron chi connectivity index (χ4n) is 2.75. The van der Waals surface area contributed by atoms with E-state index < -0.39 is 6.36 Å². The lowest BCUT2D eigenvalue weighted by Crippen LogP contribution is -2.36. The Kier molecular flexibility index (Phi) is 4.77. The summed E-state index contributed by atoms with van der Waals surface area (Å²) in [5, 5.41) is 11.4. The van der Waals surface area contributed by atoms with E-state index in [2.05, 4.69) is 20.3 Å². The van der Waals surface area contributed by atoms with Crippen LogP contribution in [0.5, 0.6) is 5.75 Å². The van der Waals surface area contributed by atoms with Crippen LogP contribution in [0.2, 0.25) is 0 Å². The maximum absolute atomic E-state index is 12.8. The molecule has 0 spiro atoms. The number of halogens is 3. The van der Waals surface area contributed by atoms with Crippen LogP contribution >= 0.6 is 0 Å². The van der Waals surface area contributed by atoms with Gasteiger partial charge in [-0.1, -0.05) is 17.2 Å². The number of amides is 1. The summed E-state index contributed by atoms with van der Waals surface area (Å²) in [6, 6.07) is 5.40. The maximum atomic E-state index is 12.8. The highest BCUT2D eigenvalue weighted by molar-refractivity contribution is 5.94. The minimum atomic E-state index is -4.74. The summed E-state index contributed by atoms with van der Waals surface area (Å²) in [6.07, 6.45) is -4.74. The van der Waals surface area contributed by atoms with Crippen LogP contribution < -0.4 is 9.64 Å². The Morgan fingerprint density at radius 1 is 1.30 bits per heavy atom. The molecule has 144 valence electrons. The van der Waals surface area contributed by atoms with Crippen molar-refractivity contribution in [1.82, 2.24) is 25.1 Å². The molecule has 1 aliphatic heterocycles. The normalized spacial score (nSPS) is 14.2. The number of tetrazole rings is 1. The topological polar surface area (TPSA) is 76.4 Å². The van der Waals surface area contributed by atoms with Crippen molar-refractivity contribution in [3.05, 3.63) is 41.1 Å². The second kappa shape index (κ2) is 6.89. The molecule has 11 heteroatoms. The molecule has 1 amide bonds. The van der Waals surface area contributed by atoms with Crippen molar-refractivity contribution < 1.29 is 22.7 Å². The Balaban J connectivity index is 1.70. The molecule has 0 saturated carbocycles. The van der Waals surface area contributed by atoms with Crippen LogP contribution in [0.15, 0.2) is 35.5 Å². The second-order valence-corrected chi connectivity index (χ2v) is 6.11. The molecule has 0 radical (unpaired) electrons. The van der Waals surface area contributed by atoms with Gasteiger partial charge in [-0.3, -0.25) is 4.79 Å². The largest absolute Gasteiger partial charge is 0.573 e. The minimum absolute atomic E-state index is 0.212. The fraction of sp³-hybridized carbons (Fsp3) is 0.375. The summed E-state index contributed by atoms with van der Waals surface area (Å²) < 4.78 is 42.0. The van der Waals surface area contributed by atoms with Gasteiger partial charge in [0.05, 0.1) is 12.1 Å². The van der Waals surface area contributed by atoms with Crippen LogP contribution in [-0.4, -0.2) is 51.5 Å². The van der Waals surface area contributed by atoms with Crippen LogP contribution in [-0.2, 0) is 17.9 Å². The molecule has 0 atom stereocenters. The van der Waals surface area contributed by atoms with Gasteiger partial charge in [-0.15, -0.1) is 13.2 Å². The minimum Gasteiger partial charge on any atom is -0.406 e. The van der Waals surface area contributed by atoms with Gasteiger partial charge in [-0.2, -0.15) is 0 Å². The molecule has 1 aromatic carbocycles. The molecule has 0 bridgehead atoms. The van der Waals surface area contributed by atoms with E-state index >= 15 is 0 Å². The van der Waals surface area contributed by atoms with Gasteiger partial charge in [0.2, 0.25) is 5.95 Å². The van der Waals surface area contributed by atoms with Crippen molar-refractivity contribution in [2.75, 3.05) is 19.0 Å². The van der Waals surface area contributed by atoms with Crippen molar-refractivity contribution >= 4 is 11.9 Å². The Hall–Kier alpha value is -3.11. The standard InChI is InChI=1S/C16H17F3N6O2/c1-10-13(9-25-15(24(10)3)20-21-22-25)14(26)23(2)8-11-4-6-12(7-5-11)27-16(17,18)19/h4-7H,8-9H2,1-3H3. The van der Waals surface area contributed by atoms with E-state index in [-0.39, 0.29) is 24.7 Å². The highest BCUT2D eigenvalue weighted by atomic mass is 19.4. The first-order valence-corrected chi connectivity index (χ1v) is 7.95. The Labute approximate surface area is 152 Å². The van der Waals surface area contributed by atoms with E-state index in [0.717, 1.165) is 5.70 Å². The number of fused-ring (bicyclic) bond motifs is 1. The first kappa shape index (κ1) is 18.7. The number of hydrogen-bond acceptors (Lipinski definition) is 6. The summed E-state index contributed by atoms with van der Waals surface area (Å²) in [5.41, 5.74) is 1.95. The SMILES string of the molecule is CC1=C(C(=O)N(C)Cc2ccc(OC(F)(F)F)cc2)Cn2nnnc2N1C. The van der Waals surface area contributed by atoms with Crippen molar-refractivity contribution in [2.45, 2.75) is 26.4 Å². The van der Waals surface area contributed by atoms with Crippen LogP contribution in [0.25, 0.3) is 0 Å². The number of benzene rings is 1. The third-order valence-corrected chi connectivity index (χ3v) is 4.24. The average Bonchev–Trinajstić information content (AvgIpc) is 3.06. The fourth-order valence-corrected chi connectivity index (χ4v) is 2.75. The van der Waals surface area contributed by atoms with Gasteiger partial charge in [0, 0.05) is 26.3 Å². The summed E-state index contributed by atoms with van der Waals surface area (Å²) in [6.45, 7) is 2.29. The highest BCUT2D eigenvalue weighted by Crippen LogP contribution is 2.26. The first-order valence-electron chi connectivity index (χ1n) is 7.95. The molecule has 27 heavy (non-hydrogen) atoms. The molecule has 2 aromatic rings. The number of anilines is 1. The van der Waals surface area contributed by atoms with Gasteiger partial charge in [0.15, 0.2) is 0 Å². The van der Waals surface area contributed by atoms with Crippen molar-refractivity contribution in [1.29, 1.82) is 0 Å². The molecular weight excluding hydrogens is 365 g/mol. The van der Waals surface area contributed by atoms with Gasteiger partial charge in [-0.05, 0) is 35.0 Å². The van der Waals surface area contributed by atoms with Crippen molar-refractivity contribution in [2.24, 2.45) is 0 Å². The molecule has 0 unspecified atom stereocenters. The molecule has 0 fully saturated rings. The molecule has 8 nitrogen and oxygen atoms in total. The Morgan fingerprint density at radius 3 is 2.59 bits per heavy atom. The Bertz CT molecular complexity index is 875. The second-order valence-electron chi connectivity index (χ2n) is 6.11. The molecule has 2 heterocycles. The van der Waals surface area contributed by atoms with Gasteiger partial charge in [0.1, 0.15) is 5.75 Å². The molecule has 0 saturated heterocycles. The molecule has 0 aliphatic carbocycles. The van der Waals surface area contributed by atoms with E-state index in [1.54, 1.807) is 19.0 Å². The van der Waals surface area contributed by atoms with Gasteiger partial charge >= 0.3 is 6.36 Å². The Morgan fingerprint density at radius 2 is 1.96 bits per heavy atom. The van der Waals surface area contributed by atoms with Gasteiger partial charge in [-0.25, -0.2) is 4.68 Å². The number of allylic oxidation sites excluding steroid dienone is 1. The lowest BCUT2D eigenvalue weighted by Gasteiger charge is -2.28. The highest BCUT2D eigenvalue weighted by Gasteiger charge is 2.31. The summed E-state index contributed by atoms with van der Waals surface area (Å²) >= 11 is 0. The van der Waals surface area contributed by atoms with Crippen LogP contribution in [0.4, 0.5) is 19.1 Å². The van der Waals surface area contributed by atoms with Crippen molar-refractivity contribution in [3.63, 3.8) is 0 Å². The monoisotopic (exact) mass is 382 g/mol. The lowest BCUT2D eigenvalue weighted by molar-refractivity contribution is -0.274. The third-order valence-electron chi connectivity index (χ3n) is 4.24. The van der Waals surface area contributed by atoms with E-state index in [4.69, 9.17) is 0 Å². The summed E-state index contributed by atoms with van der Waals surface area (Å²) in [4.78, 5) is 16.0. The molecule has 0 N–H and O–H groups in total. The number of alkyl halides is 3. The zero-order valence-corrected chi connectivity index (χ0v) is 14.9. The smallest absolute Gasteiger partial charge is 0.406 e. The molecular formula is C16H17F3N6O2. The van der Waals surface area contributed by atoms with E-state index in [1.807, 2.05) is 6.92 Å². The first-order chi connectivity index (χ1) is 12.7. The van der Waals surface area contributed by atoms with Gasteiger partial charge in [0.25, 0.3) is 5.91 Å². The number of ether oxygens (including phenoxy) is 1. The predicted molar refractivity (Wildman–Crippen MR) is 88.5 cm³/mol. The number of likely N-dealkylation sites (N-methyl/N-ethyl adjacent to an activating group) is 1. The molecule has 1 aromatic heterocycles. The van der Waals surface area contributed by atoms with E-state index in [1.165, 1.54) is 33.8 Å².